The topological polar surface area (TPSA) is 104 Å². The zero-order valence-corrected chi connectivity index (χ0v) is 15.0. The maximum absolute atomic E-state index is 12.6. The molecule has 0 radical (unpaired) electrons. The molecule has 25 heavy (non-hydrogen) atoms. The Hall–Kier alpha value is -2.38. The van der Waals surface area contributed by atoms with Gasteiger partial charge in [0.25, 0.3) is 0 Å². The van der Waals surface area contributed by atoms with Crippen molar-refractivity contribution in [2.45, 2.75) is 31.7 Å². The first-order chi connectivity index (χ1) is 11.6. The molecule has 2 aromatic rings. The Bertz CT molecular complexity index is 890. The molecule has 0 fully saturated rings. The number of phenols is 1. The van der Waals surface area contributed by atoms with E-state index in [1.165, 1.54) is 6.07 Å². The number of para-hydroxylation sites is 1. The van der Waals surface area contributed by atoms with E-state index < -0.39 is 28.0 Å². The summed E-state index contributed by atoms with van der Waals surface area (Å²) in [6, 6.07) is 10.2. The van der Waals surface area contributed by atoms with Crippen LogP contribution in [0.25, 0.3) is 11.1 Å². The van der Waals surface area contributed by atoms with Crippen LogP contribution in [0.15, 0.2) is 47.4 Å². The number of aryl methyl sites for hydroxylation is 1. The summed E-state index contributed by atoms with van der Waals surface area (Å²) in [7, 11) is -3.98. The van der Waals surface area contributed by atoms with E-state index in [1.54, 1.807) is 57.2 Å². The average Bonchev–Trinajstić information content (AvgIpc) is 2.52. The Kier molecular flexibility index (Phi) is 5.49. The number of nitrogens with one attached hydrogen (secondary N) is 1. The molecule has 1 atom stereocenters. The Morgan fingerprint density at radius 3 is 2.28 bits per heavy atom. The molecule has 6 nitrogen and oxygen atoms in total. The Balaban J connectivity index is 2.40. The highest BCUT2D eigenvalue weighted by molar-refractivity contribution is 7.89. The number of phenolic OH excluding ortho intramolecular Hbond substituents is 1. The van der Waals surface area contributed by atoms with Gasteiger partial charge < -0.3 is 10.2 Å². The van der Waals surface area contributed by atoms with Crippen molar-refractivity contribution in [1.82, 2.24) is 4.72 Å². The van der Waals surface area contributed by atoms with Gasteiger partial charge in [-0.3, -0.25) is 4.79 Å². The lowest BCUT2D eigenvalue weighted by Gasteiger charge is -2.19. The van der Waals surface area contributed by atoms with Gasteiger partial charge in [0.05, 0.1) is 4.90 Å². The van der Waals surface area contributed by atoms with Gasteiger partial charge in [-0.2, -0.15) is 4.72 Å². The number of rotatable bonds is 6. The molecule has 134 valence electrons. The smallest absolute Gasteiger partial charge is 0.322 e. The van der Waals surface area contributed by atoms with Gasteiger partial charge in [0, 0.05) is 5.56 Å². The first kappa shape index (κ1) is 19.0. The van der Waals surface area contributed by atoms with E-state index in [0.29, 0.717) is 16.7 Å². The highest BCUT2D eigenvalue weighted by atomic mass is 32.2. The van der Waals surface area contributed by atoms with E-state index >= 15 is 0 Å². The molecule has 7 heteroatoms. The molecular formula is C18H21NO5S. The lowest BCUT2D eigenvalue weighted by atomic mass is 10.0. The van der Waals surface area contributed by atoms with Crippen molar-refractivity contribution in [3.05, 3.63) is 48.0 Å². The summed E-state index contributed by atoms with van der Waals surface area (Å²) >= 11 is 0. The van der Waals surface area contributed by atoms with Gasteiger partial charge in [-0.25, -0.2) is 8.42 Å². The summed E-state index contributed by atoms with van der Waals surface area (Å²) in [5, 5.41) is 19.1. The number of carboxylic acid groups (broad SMARTS) is 1. The number of carboxylic acids is 1. The predicted octanol–water partition coefficient (Wildman–Crippen LogP) is 2.76. The number of carbonyl (C=O) groups is 1. The Morgan fingerprint density at radius 2 is 1.76 bits per heavy atom. The summed E-state index contributed by atoms with van der Waals surface area (Å²) in [5.41, 5.74) is 1.72. The van der Waals surface area contributed by atoms with Crippen molar-refractivity contribution in [2.24, 2.45) is 5.92 Å². The van der Waals surface area contributed by atoms with Crippen LogP contribution < -0.4 is 4.72 Å². The van der Waals surface area contributed by atoms with Crippen LogP contribution in [0.5, 0.6) is 5.75 Å². The number of hydrogen-bond acceptors (Lipinski definition) is 4. The van der Waals surface area contributed by atoms with Crippen LogP contribution in [0.3, 0.4) is 0 Å². The molecule has 0 spiro atoms. The van der Waals surface area contributed by atoms with Gasteiger partial charge in [0.15, 0.2) is 0 Å². The van der Waals surface area contributed by atoms with Gasteiger partial charge in [0.1, 0.15) is 11.8 Å². The molecule has 0 aliphatic carbocycles. The van der Waals surface area contributed by atoms with Crippen LogP contribution in [0.4, 0.5) is 0 Å². The fourth-order valence-electron chi connectivity index (χ4n) is 2.54. The van der Waals surface area contributed by atoms with Crippen LogP contribution in [-0.2, 0) is 14.8 Å². The van der Waals surface area contributed by atoms with Crippen molar-refractivity contribution < 1.29 is 23.4 Å². The zero-order valence-electron chi connectivity index (χ0n) is 14.2. The van der Waals surface area contributed by atoms with Gasteiger partial charge in [0.2, 0.25) is 10.0 Å². The van der Waals surface area contributed by atoms with Crippen LogP contribution >= 0.6 is 0 Å². The summed E-state index contributed by atoms with van der Waals surface area (Å²) in [5.74, 6) is -1.52. The van der Waals surface area contributed by atoms with Crippen molar-refractivity contribution in [3.63, 3.8) is 0 Å². The van der Waals surface area contributed by atoms with E-state index in [2.05, 4.69) is 4.72 Å². The highest BCUT2D eigenvalue weighted by Gasteiger charge is 2.28. The fraction of sp³-hybridized carbons (Fsp3) is 0.278. The van der Waals surface area contributed by atoms with E-state index in [1.807, 2.05) is 0 Å². The van der Waals surface area contributed by atoms with Crippen LogP contribution in [0, 0.1) is 12.8 Å². The van der Waals surface area contributed by atoms with Gasteiger partial charge in [-0.05, 0) is 42.2 Å². The lowest BCUT2D eigenvalue weighted by Crippen LogP contribution is -2.44. The van der Waals surface area contributed by atoms with Crippen LogP contribution in [-0.4, -0.2) is 30.6 Å². The first-order valence-corrected chi connectivity index (χ1v) is 9.26. The third-order valence-corrected chi connectivity index (χ3v) is 5.50. The quantitative estimate of drug-likeness (QED) is 0.732. The summed E-state index contributed by atoms with van der Waals surface area (Å²) in [6.07, 6.45) is 0. The molecule has 0 aliphatic heterocycles. The van der Waals surface area contributed by atoms with Gasteiger partial charge >= 0.3 is 5.97 Å². The van der Waals surface area contributed by atoms with E-state index in [0.717, 1.165) is 0 Å². The zero-order chi connectivity index (χ0) is 18.8. The third-order valence-electron chi connectivity index (χ3n) is 3.89. The van der Waals surface area contributed by atoms with Crippen molar-refractivity contribution in [2.75, 3.05) is 0 Å². The maximum atomic E-state index is 12.6. The van der Waals surface area contributed by atoms with Crippen LogP contribution in [0.1, 0.15) is 19.4 Å². The normalized spacial score (nSPS) is 13.0. The molecule has 0 heterocycles. The summed E-state index contributed by atoms with van der Waals surface area (Å²) in [6.45, 7) is 4.90. The Labute approximate surface area is 147 Å². The van der Waals surface area contributed by atoms with Crippen molar-refractivity contribution in [3.8, 4) is 16.9 Å². The standard InChI is InChI=1S/C18H21NO5S/c1-11(2)17(18(21)22)19-25(23,24)16-9-8-13(10-12(16)3)14-6-4-5-7-15(14)20/h4-11,17,19-20H,1-3H3,(H,21,22). The number of aromatic hydroxyl groups is 1. The number of sulfonamides is 1. The molecule has 2 aromatic carbocycles. The highest BCUT2D eigenvalue weighted by Crippen LogP contribution is 2.31. The average molecular weight is 363 g/mol. The SMILES string of the molecule is Cc1cc(-c2ccccc2O)ccc1S(=O)(=O)NC(C(=O)O)C(C)C. The molecule has 0 saturated carbocycles. The number of hydrogen-bond donors (Lipinski definition) is 3. The van der Waals surface area contributed by atoms with Gasteiger partial charge in [-0.15, -0.1) is 0 Å². The molecule has 2 rings (SSSR count). The largest absolute Gasteiger partial charge is 0.507 e. The predicted molar refractivity (Wildman–Crippen MR) is 94.9 cm³/mol. The lowest BCUT2D eigenvalue weighted by molar-refractivity contribution is -0.140. The molecular weight excluding hydrogens is 342 g/mol. The van der Waals surface area contributed by atoms with Crippen LogP contribution in [0.2, 0.25) is 0 Å². The monoisotopic (exact) mass is 363 g/mol. The third kappa shape index (κ3) is 4.18. The number of aliphatic carboxylic acids is 1. The molecule has 1 unspecified atom stereocenters. The first-order valence-electron chi connectivity index (χ1n) is 7.77. The molecule has 3 N–H and O–H groups in total. The minimum Gasteiger partial charge on any atom is -0.507 e. The maximum Gasteiger partial charge on any atom is 0.322 e. The molecule has 0 aliphatic rings. The molecule has 0 aromatic heterocycles. The van der Waals surface area contributed by atoms with E-state index in [9.17, 15) is 23.4 Å². The second kappa shape index (κ2) is 7.25. The molecule has 0 amide bonds. The molecule has 0 saturated heterocycles. The minimum atomic E-state index is -3.98. The second-order valence-corrected chi connectivity index (χ2v) is 7.86. The number of benzene rings is 2. The van der Waals surface area contributed by atoms with Gasteiger partial charge in [-0.1, -0.05) is 38.1 Å². The van der Waals surface area contributed by atoms with E-state index in [4.69, 9.17) is 0 Å². The fourth-order valence-corrected chi connectivity index (χ4v) is 4.10. The Morgan fingerprint density at radius 1 is 1.12 bits per heavy atom. The summed E-state index contributed by atoms with van der Waals surface area (Å²) < 4.78 is 27.4. The van der Waals surface area contributed by atoms with Crippen molar-refractivity contribution in [1.29, 1.82) is 0 Å². The minimum absolute atomic E-state index is 0.0126. The van der Waals surface area contributed by atoms with Crippen molar-refractivity contribution >= 4 is 16.0 Å². The molecule has 0 bridgehead atoms. The van der Waals surface area contributed by atoms with E-state index in [-0.39, 0.29) is 10.6 Å². The second-order valence-electron chi connectivity index (χ2n) is 6.18. The summed E-state index contributed by atoms with van der Waals surface area (Å²) in [4.78, 5) is 11.3.